The Balaban J connectivity index is 2.18. The fourth-order valence-electron chi connectivity index (χ4n) is 1.81. The Hall–Kier alpha value is -2.63. The van der Waals surface area contributed by atoms with E-state index in [0.717, 1.165) is 16.8 Å². The molecule has 0 aromatic carbocycles. The van der Waals surface area contributed by atoms with Crippen LogP contribution in [0.1, 0.15) is 0 Å². The lowest BCUT2D eigenvalue weighted by Gasteiger charge is -1.99. The van der Waals surface area contributed by atoms with E-state index < -0.39 is 0 Å². The van der Waals surface area contributed by atoms with Crippen molar-refractivity contribution in [3.8, 4) is 22.5 Å². The number of aromatic nitrogens is 4. The fourth-order valence-corrected chi connectivity index (χ4v) is 1.81. The first-order chi connectivity index (χ1) is 8.75. The molecule has 90 valence electrons. The molecule has 2 N–H and O–H groups in total. The summed E-state index contributed by atoms with van der Waals surface area (Å²) in [7, 11) is 1.84. The molecule has 0 spiro atoms. The highest BCUT2D eigenvalue weighted by molar-refractivity contribution is 5.85. The van der Waals surface area contributed by atoms with Crippen molar-refractivity contribution < 1.29 is 4.52 Å². The molecule has 18 heavy (non-hydrogen) atoms. The minimum Gasteiger partial charge on any atom is -0.367 e. The topological polar surface area (TPSA) is 82.8 Å². The van der Waals surface area contributed by atoms with Gasteiger partial charge in [0, 0.05) is 31.2 Å². The van der Waals surface area contributed by atoms with Gasteiger partial charge >= 0.3 is 0 Å². The molecule has 0 amide bonds. The molecule has 3 aromatic rings. The zero-order chi connectivity index (χ0) is 12.5. The van der Waals surface area contributed by atoms with Gasteiger partial charge in [0.15, 0.2) is 0 Å². The highest BCUT2D eigenvalue weighted by Crippen LogP contribution is 2.34. The van der Waals surface area contributed by atoms with Gasteiger partial charge in [0.1, 0.15) is 11.4 Å². The first-order valence-corrected chi connectivity index (χ1v) is 5.41. The standard InChI is InChI=1S/C12H11N5O/c1-17-6-4-9(15-17)11-10(12(13)18-16-11)8-3-2-5-14-7-8/h2-7H,13H2,1H3. The third-order valence-electron chi connectivity index (χ3n) is 2.62. The number of nitrogen functional groups attached to an aromatic ring is 1. The molecule has 0 fully saturated rings. The number of aryl methyl sites for hydroxylation is 1. The number of pyridine rings is 1. The first-order valence-electron chi connectivity index (χ1n) is 5.41. The summed E-state index contributed by atoms with van der Waals surface area (Å²) < 4.78 is 6.77. The second-order valence-electron chi connectivity index (χ2n) is 3.89. The van der Waals surface area contributed by atoms with Crippen molar-refractivity contribution in [2.45, 2.75) is 0 Å². The Morgan fingerprint density at radius 2 is 2.22 bits per heavy atom. The van der Waals surface area contributed by atoms with E-state index in [1.54, 1.807) is 17.1 Å². The summed E-state index contributed by atoms with van der Waals surface area (Å²) in [6.07, 6.45) is 5.26. The maximum absolute atomic E-state index is 5.83. The molecule has 0 aliphatic carbocycles. The summed E-state index contributed by atoms with van der Waals surface area (Å²) in [5.74, 6) is 0.267. The Labute approximate surface area is 103 Å². The molecule has 3 heterocycles. The summed E-state index contributed by atoms with van der Waals surface area (Å²) in [5, 5.41) is 8.27. The molecule has 6 heteroatoms. The van der Waals surface area contributed by atoms with Crippen molar-refractivity contribution in [2.24, 2.45) is 7.05 Å². The van der Waals surface area contributed by atoms with Crippen LogP contribution in [0.5, 0.6) is 0 Å². The average Bonchev–Trinajstić information content (AvgIpc) is 2.96. The van der Waals surface area contributed by atoms with Gasteiger partial charge in [0.2, 0.25) is 5.88 Å². The average molecular weight is 241 g/mol. The highest BCUT2D eigenvalue weighted by Gasteiger charge is 2.19. The van der Waals surface area contributed by atoms with Crippen molar-refractivity contribution >= 4 is 5.88 Å². The monoisotopic (exact) mass is 241 g/mol. The van der Waals surface area contributed by atoms with Crippen molar-refractivity contribution in [3.05, 3.63) is 36.8 Å². The number of anilines is 1. The van der Waals surface area contributed by atoms with Crippen LogP contribution in [-0.4, -0.2) is 19.9 Å². The maximum atomic E-state index is 5.83. The molecule has 0 atom stereocenters. The van der Waals surface area contributed by atoms with Crippen LogP contribution in [0.15, 0.2) is 41.3 Å². The minimum atomic E-state index is 0.267. The molecular weight excluding hydrogens is 230 g/mol. The lowest BCUT2D eigenvalue weighted by atomic mass is 10.1. The van der Waals surface area contributed by atoms with E-state index in [9.17, 15) is 0 Å². The van der Waals surface area contributed by atoms with Gasteiger partial charge < -0.3 is 10.3 Å². The molecule has 0 saturated carbocycles. The second-order valence-corrected chi connectivity index (χ2v) is 3.89. The van der Waals surface area contributed by atoms with Crippen LogP contribution >= 0.6 is 0 Å². The van der Waals surface area contributed by atoms with E-state index in [-0.39, 0.29) is 5.88 Å². The predicted octanol–water partition coefficient (Wildman–Crippen LogP) is 1.72. The molecule has 3 rings (SSSR count). The Bertz CT molecular complexity index is 671. The van der Waals surface area contributed by atoms with Crippen LogP contribution in [-0.2, 0) is 7.05 Å². The molecule has 0 saturated heterocycles. The van der Waals surface area contributed by atoms with E-state index in [1.807, 2.05) is 31.4 Å². The van der Waals surface area contributed by atoms with Crippen molar-refractivity contribution in [1.82, 2.24) is 19.9 Å². The molecule has 0 aliphatic rings. The van der Waals surface area contributed by atoms with Crippen molar-refractivity contribution in [3.63, 3.8) is 0 Å². The van der Waals surface area contributed by atoms with E-state index in [1.165, 1.54) is 0 Å². The van der Waals surface area contributed by atoms with Gasteiger partial charge in [-0.05, 0) is 12.1 Å². The smallest absolute Gasteiger partial charge is 0.230 e. The Morgan fingerprint density at radius 1 is 1.33 bits per heavy atom. The summed E-state index contributed by atoms with van der Waals surface area (Å²) in [6.45, 7) is 0. The highest BCUT2D eigenvalue weighted by atomic mass is 16.5. The second kappa shape index (κ2) is 3.99. The zero-order valence-corrected chi connectivity index (χ0v) is 9.74. The van der Waals surface area contributed by atoms with Gasteiger partial charge in [0.25, 0.3) is 0 Å². The van der Waals surface area contributed by atoms with E-state index in [2.05, 4.69) is 15.2 Å². The number of nitrogens with two attached hydrogens (primary N) is 1. The molecule has 0 radical (unpaired) electrons. The van der Waals surface area contributed by atoms with Gasteiger partial charge in [-0.25, -0.2) is 0 Å². The number of hydrogen-bond acceptors (Lipinski definition) is 5. The fraction of sp³-hybridized carbons (Fsp3) is 0.0833. The zero-order valence-electron chi connectivity index (χ0n) is 9.74. The summed E-state index contributed by atoms with van der Waals surface area (Å²) in [5.41, 5.74) is 8.75. The van der Waals surface area contributed by atoms with E-state index in [0.29, 0.717) is 5.69 Å². The number of rotatable bonds is 2. The lowest BCUT2D eigenvalue weighted by molar-refractivity contribution is 0.439. The van der Waals surface area contributed by atoms with Crippen molar-refractivity contribution in [2.75, 3.05) is 5.73 Å². The largest absolute Gasteiger partial charge is 0.367 e. The van der Waals surface area contributed by atoms with Crippen molar-refractivity contribution in [1.29, 1.82) is 0 Å². The number of nitrogens with zero attached hydrogens (tertiary/aromatic N) is 4. The van der Waals surface area contributed by atoms with Gasteiger partial charge in [-0.15, -0.1) is 0 Å². The maximum Gasteiger partial charge on any atom is 0.230 e. The van der Waals surface area contributed by atoms with Crippen LogP contribution in [0.25, 0.3) is 22.5 Å². The molecule has 3 aromatic heterocycles. The SMILES string of the molecule is Cn1ccc(-c2noc(N)c2-c2cccnc2)n1. The van der Waals surface area contributed by atoms with Crippen LogP contribution in [0.4, 0.5) is 5.88 Å². The van der Waals surface area contributed by atoms with Gasteiger partial charge in [-0.3, -0.25) is 9.67 Å². The van der Waals surface area contributed by atoms with Crippen LogP contribution in [0.3, 0.4) is 0 Å². The normalized spacial score (nSPS) is 10.7. The Morgan fingerprint density at radius 3 is 2.89 bits per heavy atom. The summed E-state index contributed by atoms with van der Waals surface area (Å²) in [4.78, 5) is 4.07. The predicted molar refractivity (Wildman–Crippen MR) is 66.3 cm³/mol. The Kier molecular flexibility index (Phi) is 2.33. The summed E-state index contributed by atoms with van der Waals surface area (Å²) in [6, 6.07) is 5.60. The van der Waals surface area contributed by atoms with E-state index >= 15 is 0 Å². The van der Waals surface area contributed by atoms with E-state index in [4.69, 9.17) is 10.3 Å². The third kappa shape index (κ3) is 1.64. The van der Waals surface area contributed by atoms with Gasteiger partial charge in [0.05, 0.1) is 5.56 Å². The lowest BCUT2D eigenvalue weighted by Crippen LogP contribution is -1.91. The number of hydrogen-bond donors (Lipinski definition) is 1. The van der Waals surface area contributed by atoms with Crippen LogP contribution in [0, 0.1) is 0 Å². The van der Waals surface area contributed by atoms with Gasteiger partial charge in [-0.1, -0.05) is 11.2 Å². The molecule has 0 unspecified atom stereocenters. The first kappa shape index (κ1) is 10.5. The van der Waals surface area contributed by atoms with Crippen LogP contribution < -0.4 is 5.73 Å². The molecule has 0 bridgehead atoms. The summed E-state index contributed by atoms with van der Waals surface area (Å²) >= 11 is 0. The molecular formula is C12H11N5O. The molecule has 6 nitrogen and oxygen atoms in total. The molecule has 0 aliphatic heterocycles. The van der Waals surface area contributed by atoms with Gasteiger partial charge in [-0.2, -0.15) is 5.10 Å². The third-order valence-corrected chi connectivity index (χ3v) is 2.62. The minimum absolute atomic E-state index is 0.267. The quantitative estimate of drug-likeness (QED) is 0.738. The van der Waals surface area contributed by atoms with Crippen LogP contribution in [0.2, 0.25) is 0 Å².